The second kappa shape index (κ2) is 6.48. The van der Waals surface area contributed by atoms with Gasteiger partial charge in [0.05, 0.1) is 12.2 Å². The van der Waals surface area contributed by atoms with Crippen molar-refractivity contribution in [1.29, 1.82) is 0 Å². The van der Waals surface area contributed by atoms with E-state index in [-0.39, 0.29) is 18.0 Å². The van der Waals surface area contributed by atoms with Gasteiger partial charge < -0.3 is 20.3 Å². The molecule has 0 unspecified atom stereocenters. The quantitative estimate of drug-likeness (QED) is 0.880. The lowest BCUT2D eigenvalue weighted by Gasteiger charge is -2.34. The molecular formula is C17H25N3O3. The highest BCUT2D eigenvalue weighted by Crippen LogP contribution is 2.36. The van der Waals surface area contributed by atoms with Crippen molar-refractivity contribution in [2.75, 3.05) is 23.4 Å². The lowest BCUT2D eigenvalue weighted by Crippen LogP contribution is -2.44. The van der Waals surface area contributed by atoms with Crippen LogP contribution in [0.1, 0.15) is 34.6 Å². The van der Waals surface area contributed by atoms with Gasteiger partial charge in [0.2, 0.25) is 5.91 Å². The van der Waals surface area contributed by atoms with Crippen LogP contribution in [0.3, 0.4) is 0 Å². The number of amides is 3. The number of carbonyl (C=O) groups is 2. The molecule has 0 aromatic heterocycles. The lowest BCUT2D eigenvalue weighted by molar-refractivity contribution is -0.126. The number of anilines is 2. The highest BCUT2D eigenvalue weighted by Gasteiger charge is 2.32. The maximum absolute atomic E-state index is 12.6. The van der Waals surface area contributed by atoms with E-state index in [9.17, 15) is 9.59 Å². The summed E-state index contributed by atoms with van der Waals surface area (Å²) in [4.78, 5) is 26.2. The molecule has 2 N–H and O–H groups in total. The molecule has 0 saturated carbocycles. The van der Waals surface area contributed by atoms with E-state index >= 15 is 0 Å². The average molecular weight is 319 g/mol. The standard InChI is InChI=1S/C17H25N3O3/c1-11(2)18-16(22)19-12-6-7-14-13(10-12)20(8-9-23-14)15(21)17(3,4)5/h6-7,10-11H,8-9H2,1-5H3,(H2,18,19,22). The topological polar surface area (TPSA) is 70.7 Å². The van der Waals surface area contributed by atoms with Gasteiger partial charge in [-0.1, -0.05) is 20.8 Å². The molecule has 0 atom stereocenters. The maximum Gasteiger partial charge on any atom is 0.319 e. The molecule has 6 nitrogen and oxygen atoms in total. The van der Waals surface area contributed by atoms with Crippen molar-refractivity contribution in [3.05, 3.63) is 18.2 Å². The van der Waals surface area contributed by atoms with Crippen molar-refractivity contribution < 1.29 is 14.3 Å². The maximum atomic E-state index is 12.6. The third-order valence-corrected chi connectivity index (χ3v) is 3.39. The molecule has 2 rings (SSSR count). The molecule has 126 valence electrons. The van der Waals surface area contributed by atoms with E-state index < -0.39 is 5.41 Å². The number of rotatable bonds is 2. The van der Waals surface area contributed by atoms with Crippen LogP contribution in [0.25, 0.3) is 0 Å². The Kier molecular flexibility index (Phi) is 4.82. The van der Waals surface area contributed by atoms with Crippen molar-refractivity contribution in [2.45, 2.75) is 40.7 Å². The number of nitrogens with zero attached hydrogens (tertiary/aromatic N) is 1. The zero-order valence-corrected chi connectivity index (χ0v) is 14.4. The third kappa shape index (κ3) is 4.15. The minimum absolute atomic E-state index is 0.0332. The van der Waals surface area contributed by atoms with Gasteiger partial charge in [0.15, 0.2) is 0 Å². The highest BCUT2D eigenvalue weighted by molar-refractivity contribution is 5.99. The van der Waals surface area contributed by atoms with Gasteiger partial charge in [0, 0.05) is 17.1 Å². The van der Waals surface area contributed by atoms with Crippen LogP contribution >= 0.6 is 0 Å². The molecule has 1 aromatic carbocycles. The Morgan fingerprint density at radius 2 is 1.96 bits per heavy atom. The van der Waals surface area contributed by atoms with E-state index in [1.807, 2.05) is 34.6 Å². The number of ether oxygens (including phenoxy) is 1. The smallest absolute Gasteiger partial charge is 0.319 e. The zero-order valence-electron chi connectivity index (χ0n) is 14.4. The molecular weight excluding hydrogens is 294 g/mol. The minimum Gasteiger partial charge on any atom is -0.490 e. The highest BCUT2D eigenvalue weighted by atomic mass is 16.5. The van der Waals surface area contributed by atoms with Crippen LogP contribution in [0.15, 0.2) is 18.2 Å². The summed E-state index contributed by atoms with van der Waals surface area (Å²) in [6, 6.07) is 5.10. The van der Waals surface area contributed by atoms with Crippen LogP contribution < -0.4 is 20.3 Å². The zero-order chi connectivity index (χ0) is 17.2. The Balaban J connectivity index is 2.25. The predicted octanol–water partition coefficient (Wildman–Crippen LogP) is 2.99. The molecule has 1 aromatic rings. The van der Waals surface area contributed by atoms with Crippen LogP contribution in [0.2, 0.25) is 0 Å². The molecule has 1 aliphatic rings. The first-order valence-electron chi connectivity index (χ1n) is 7.85. The normalized spacial score (nSPS) is 14.1. The van der Waals surface area contributed by atoms with Crippen molar-refractivity contribution in [3.8, 4) is 5.75 Å². The fourth-order valence-corrected chi connectivity index (χ4v) is 2.34. The van der Waals surface area contributed by atoms with E-state index in [1.165, 1.54) is 0 Å². The second-order valence-electron chi connectivity index (χ2n) is 6.99. The first-order valence-corrected chi connectivity index (χ1v) is 7.85. The Bertz CT molecular complexity index is 606. The summed E-state index contributed by atoms with van der Waals surface area (Å²) in [5.41, 5.74) is 0.838. The van der Waals surface area contributed by atoms with Gasteiger partial charge in [0.1, 0.15) is 12.4 Å². The number of hydrogen-bond acceptors (Lipinski definition) is 3. The van der Waals surface area contributed by atoms with Crippen molar-refractivity contribution in [3.63, 3.8) is 0 Å². The summed E-state index contributed by atoms with van der Waals surface area (Å²) in [5, 5.41) is 5.55. The van der Waals surface area contributed by atoms with Crippen LogP contribution in [0.5, 0.6) is 5.75 Å². The van der Waals surface area contributed by atoms with Gasteiger partial charge in [-0.15, -0.1) is 0 Å². The molecule has 3 amide bonds. The minimum atomic E-state index is -0.479. The fraction of sp³-hybridized carbons (Fsp3) is 0.529. The van der Waals surface area contributed by atoms with Crippen LogP contribution in [0, 0.1) is 5.41 Å². The van der Waals surface area contributed by atoms with Crippen molar-refractivity contribution in [1.82, 2.24) is 5.32 Å². The Labute approximate surface area is 137 Å². The first-order chi connectivity index (χ1) is 10.7. The largest absolute Gasteiger partial charge is 0.490 e. The molecule has 23 heavy (non-hydrogen) atoms. The fourth-order valence-electron chi connectivity index (χ4n) is 2.34. The number of urea groups is 1. The molecule has 0 saturated heterocycles. The molecule has 1 aliphatic heterocycles. The summed E-state index contributed by atoms with van der Waals surface area (Å²) in [6.45, 7) is 10.4. The number of hydrogen-bond donors (Lipinski definition) is 2. The van der Waals surface area contributed by atoms with E-state index in [1.54, 1.807) is 23.1 Å². The van der Waals surface area contributed by atoms with E-state index in [4.69, 9.17) is 4.74 Å². The second-order valence-corrected chi connectivity index (χ2v) is 6.99. The number of carbonyl (C=O) groups excluding carboxylic acids is 2. The Hall–Kier alpha value is -2.24. The molecule has 0 fully saturated rings. The molecule has 0 radical (unpaired) electrons. The van der Waals surface area contributed by atoms with E-state index in [0.717, 1.165) is 0 Å². The SMILES string of the molecule is CC(C)NC(=O)Nc1ccc2c(c1)N(C(=O)C(C)(C)C)CCO2. The van der Waals surface area contributed by atoms with E-state index in [0.29, 0.717) is 30.3 Å². The molecule has 1 heterocycles. The molecule has 6 heteroatoms. The van der Waals surface area contributed by atoms with Crippen molar-refractivity contribution >= 4 is 23.3 Å². The molecule has 0 aliphatic carbocycles. The monoisotopic (exact) mass is 319 g/mol. The number of fused-ring (bicyclic) bond motifs is 1. The molecule has 0 bridgehead atoms. The van der Waals surface area contributed by atoms with Crippen molar-refractivity contribution in [2.24, 2.45) is 5.41 Å². The van der Waals surface area contributed by atoms with Gasteiger partial charge in [-0.3, -0.25) is 4.79 Å². The Morgan fingerprint density at radius 1 is 1.26 bits per heavy atom. The summed E-state index contributed by atoms with van der Waals surface area (Å²) in [6.07, 6.45) is 0. The Morgan fingerprint density at radius 3 is 2.57 bits per heavy atom. The van der Waals surface area contributed by atoms with Crippen LogP contribution in [0.4, 0.5) is 16.2 Å². The molecule has 0 spiro atoms. The summed E-state index contributed by atoms with van der Waals surface area (Å²) in [5.74, 6) is 0.689. The van der Waals surface area contributed by atoms with Gasteiger partial charge >= 0.3 is 6.03 Å². The van der Waals surface area contributed by atoms with Gasteiger partial charge in [-0.25, -0.2) is 4.79 Å². The summed E-state index contributed by atoms with van der Waals surface area (Å²) >= 11 is 0. The van der Waals surface area contributed by atoms with Crippen LogP contribution in [-0.2, 0) is 4.79 Å². The van der Waals surface area contributed by atoms with Gasteiger partial charge in [-0.2, -0.15) is 0 Å². The van der Waals surface area contributed by atoms with Gasteiger partial charge in [-0.05, 0) is 32.0 Å². The first kappa shape index (κ1) is 17.1. The summed E-state index contributed by atoms with van der Waals surface area (Å²) < 4.78 is 5.62. The average Bonchev–Trinajstić information content (AvgIpc) is 2.44. The lowest BCUT2D eigenvalue weighted by atomic mass is 9.94. The predicted molar refractivity (Wildman–Crippen MR) is 91.0 cm³/mol. The van der Waals surface area contributed by atoms with E-state index in [2.05, 4.69) is 10.6 Å². The van der Waals surface area contributed by atoms with Crippen LogP contribution in [-0.4, -0.2) is 31.1 Å². The van der Waals surface area contributed by atoms with Gasteiger partial charge in [0.25, 0.3) is 0 Å². The summed E-state index contributed by atoms with van der Waals surface area (Å²) in [7, 11) is 0. The third-order valence-electron chi connectivity index (χ3n) is 3.39. The number of nitrogens with one attached hydrogen (secondary N) is 2. The number of benzene rings is 1.